The largest absolute Gasteiger partial charge is 0.323 e. The Balaban J connectivity index is 1.80. The monoisotopic (exact) mass is 326 g/mol. The zero-order valence-corrected chi connectivity index (χ0v) is 13.2. The topological polar surface area (TPSA) is 69.8 Å². The highest BCUT2D eigenvalue weighted by atomic mass is 35.5. The van der Waals surface area contributed by atoms with Gasteiger partial charge in [0.1, 0.15) is 5.69 Å². The predicted molar refractivity (Wildman–Crippen MR) is 92.9 cm³/mol. The molecule has 2 aromatic carbocycles. The van der Waals surface area contributed by atoms with Gasteiger partial charge in [0.05, 0.1) is 11.4 Å². The first kappa shape index (κ1) is 15.1. The number of halogens is 1. The minimum absolute atomic E-state index is 0.353. The van der Waals surface area contributed by atoms with Crippen LogP contribution in [0.3, 0.4) is 0 Å². The van der Waals surface area contributed by atoms with E-state index in [-0.39, 0.29) is 6.03 Å². The molecule has 3 N–H and O–H groups in total. The number of nitrogens with one attached hydrogen (secondary N) is 3. The van der Waals surface area contributed by atoms with Crippen molar-refractivity contribution in [2.75, 3.05) is 10.6 Å². The molecular weight excluding hydrogens is 312 g/mol. The molecule has 116 valence electrons. The van der Waals surface area contributed by atoms with Crippen LogP contribution < -0.4 is 10.6 Å². The van der Waals surface area contributed by atoms with Gasteiger partial charge in [0.25, 0.3) is 0 Å². The van der Waals surface area contributed by atoms with Crippen molar-refractivity contribution in [3.8, 4) is 11.3 Å². The highest BCUT2D eigenvalue weighted by Crippen LogP contribution is 2.28. The van der Waals surface area contributed by atoms with Crippen LogP contribution in [0.5, 0.6) is 0 Å². The van der Waals surface area contributed by atoms with E-state index in [1.165, 1.54) is 0 Å². The lowest BCUT2D eigenvalue weighted by molar-refractivity contribution is 0.262. The molecule has 0 aliphatic heterocycles. The number of benzene rings is 2. The van der Waals surface area contributed by atoms with Gasteiger partial charge in [0.2, 0.25) is 0 Å². The Morgan fingerprint density at radius 3 is 2.61 bits per heavy atom. The summed E-state index contributed by atoms with van der Waals surface area (Å²) in [5, 5.41) is 13.3. The molecule has 0 aliphatic carbocycles. The molecule has 1 heterocycles. The molecule has 0 fully saturated rings. The van der Waals surface area contributed by atoms with Crippen molar-refractivity contribution in [1.29, 1.82) is 0 Å². The van der Waals surface area contributed by atoms with Crippen LogP contribution in [0.25, 0.3) is 11.3 Å². The average Bonchev–Trinajstić information content (AvgIpc) is 2.89. The maximum Gasteiger partial charge on any atom is 0.323 e. The van der Waals surface area contributed by atoms with Gasteiger partial charge < -0.3 is 10.6 Å². The Morgan fingerprint density at radius 2 is 1.87 bits per heavy atom. The van der Waals surface area contributed by atoms with Crippen LogP contribution in [0.4, 0.5) is 16.2 Å². The molecule has 5 nitrogen and oxygen atoms in total. The zero-order valence-electron chi connectivity index (χ0n) is 12.4. The summed E-state index contributed by atoms with van der Waals surface area (Å²) in [6, 6.07) is 16.3. The second-order valence-electron chi connectivity index (χ2n) is 5.03. The van der Waals surface area contributed by atoms with Crippen LogP contribution in [-0.2, 0) is 0 Å². The van der Waals surface area contributed by atoms with E-state index >= 15 is 0 Å². The number of urea groups is 1. The van der Waals surface area contributed by atoms with Crippen molar-refractivity contribution in [1.82, 2.24) is 10.2 Å². The Morgan fingerprint density at radius 1 is 1.09 bits per heavy atom. The number of hydrogen-bond donors (Lipinski definition) is 3. The van der Waals surface area contributed by atoms with Gasteiger partial charge in [-0.05, 0) is 25.1 Å². The van der Waals surface area contributed by atoms with Crippen molar-refractivity contribution >= 4 is 29.0 Å². The summed E-state index contributed by atoms with van der Waals surface area (Å²) < 4.78 is 0. The molecule has 0 bridgehead atoms. The van der Waals surface area contributed by atoms with Crippen molar-refractivity contribution in [2.24, 2.45) is 0 Å². The molecule has 0 unspecified atom stereocenters. The molecule has 0 spiro atoms. The van der Waals surface area contributed by atoms with Crippen molar-refractivity contribution in [2.45, 2.75) is 6.92 Å². The first-order valence-electron chi connectivity index (χ1n) is 7.07. The van der Waals surface area contributed by atoms with Crippen molar-refractivity contribution in [3.63, 3.8) is 0 Å². The number of anilines is 2. The highest BCUT2D eigenvalue weighted by molar-refractivity contribution is 6.30. The van der Waals surface area contributed by atoms with Crippen molar-refractivity contribution in [3.05, 3.63) is 65.3 Å². The molecule has 0 saturated carbocycles. The van der Waals surface area contributed by atoms with E-state index in [1.54, 1.807) is 24.3 Å². The number of aromatic nitrogens is 2. The van der Waals surface area contributed by atoms with Crippen molar-refractivity contribution < 1.29 is 4.79 Å². The van der Waals surface area contributed by atoms with Gasteiger partial charge >= 0.3 is 6.03 Å². The highest BCUT2D eigenvalue weighted by Gasteiger charge is 2.14. The number of nitrogens with zero attached hydrogens (tertiary/aromatic N) is 1. The molecule has 0 saturated heterocycles. The minimum Gasteiger partial charge on any atom is -0.308 e. The first-order chi connectivity index (χ1) is 11.1. The van der Waals surface area contributed by atoms with E-state index in [4.69, 9.17) is 11.6 Å². The van der Waals surface area contributed by atoms with Gasteiger partial charge in [0, 0.05) is 16.3 Å². The number of hydrogen-bond acceptors (Lipinski definition) is 2. The lowest BCUT2D eigenvalue weighted by Crippen LogP contribution is -2.20. The number of aromatic amines is 1. The van der Waals surface area contributed by atoms with Crippen LogP contribution in [-0.4, -0.2) is 16.2 Å². The number of rotatable bonds is 3. The molecule has 3 rings (SSSR count). The molecule has 0 aliphatic rings. The zero-order chi connectivity index (χ0) is 16.2. The fourth-order valence-electron chi connectivity index (χ4n) is 2.23. The Labute approximate surface area is 138 Å². The number of carbonyl (C=O) groups excluding carboxylic acids is 1. The van der Waals surface area contributed by atoms with E-state index in [1.807, 2.05) is 37.3 Å². The van der Waals surface area contributed by atoms with Gasteiger partial charge in [-0.2, -0.15) is 5.10 Å². The smallest absolute Gasteiger partial charge is 0.308 e. The summed E-state index contributed by atoms with van der Waals surface area (Å²) in [5.41, 5.74) is 3.68. The third-order valence-electron chi connectivity index (χ3n) is 3.32. The summed E-state index contributed by atoms with van der Waals surface area (Å²) in [4.78, 5) is 12.2. The fourth-order valence-corrected chi connectivity index (χ4v) is 2.42. The molecule has 0 radical (unpaired) electrons. The molecule has 3 aromatic rings. The fraction of sp³-hybridized carbons (Fsp3) is 0.0588. The van der Waals surface area contributed by atoms with Crippen LogP contribution in [0.1, 0.15) is 5.69 Å². The van der Waals surface area contributed by atoms with Crippen LogP contribution in [0.15, 0.2) is 54.6 Å². The summed E-state index contributed by atoms with van der Waals surface area (Å²) in [5.74, 6) is 0. The standard InChI is InChI=1S/C17H15ClN4O/c1-11-15(16(22-21-11)12-6-3-2-4-7-12)20-17(23)19-14-9-5-8-13(18)10-14/h2-10H,1H3,(H,21,22)(H2,19,20,23). The maximum atomic E-state index is 12.2. The summed E-state index contributed by atoms with van der Waals surface area (Å²) in [7, 11) is 0. The third kappa shape index (κ3) is 3.52. The van der Waals surface area contributed by atoms with Gasteiger partial charge in [-0.1, -0.05) is 48.0 Å². The number of aryl methyl sites for hydroxylation is 1. The van der Waals surface area contributed by atoms with Gasteiger partial charge in [0.15, 0.2) is 0 Å². The van der Waals surface area contributed by atoms with E-state index < -0.39 is 0 Å². The Hall–Kier alpha value is -2.79. The lowest BCUT2D eigenvalue weighted by Gasteiger charge is -2.09. The number of amides is 2. The van der Waals surface area contributed by atoms with E-state index in [9.17, 15) is 4.79 Å². The second kappa shape index (κ2) is 6.54. The van der Waals surface area contributed by atoms with Crippen LogP contribution in [0.2, 0.25) is 5.02 Å². The first-order valence-corrected chi connectivity index (χ1v) is 7.45. The molecule has 1 aromatic heterocycles. The molecule has 2 amide bonds. The predicted octanol–water partition coefficient (Wildman–Crippen LogP) is 4.68. The summed E-state index contributed by atoms with van der Waals surface area (Å²) >= 11 is 5.91. The molecule has 0 atom stereocenters. The van der Waals surface area contributed by atoms with Gasteiger partial charge in [-0.15, -0.1) is 0 Å². The van der Waals surface area contributed by atoms with Crippen LogP contribution in [0, 0.1) is 6.92 Å². The van der Waals surface area contributed by atoms with Crippen LogP contribution >= 0.6 is 11.6 Å². The Bertz CT molecular complexity index is 830. The molecule has 6 heteroatoms. The van der Waals surface area contributed by atoms with Gasteiger partial charge in [-0.3, -0.25) is 5.10 Å². The maximum absolute atomic E-state index is 12.2. The van der Waals surface area contributed by atoms with E-state index in [2.05, 4.69) is 20.8 Å². The Kier molecular flexibility index (Phi) is 4.30. The second-order valence-corrected chi connectivity index (χ2v) is 5.46. The SMILES string of the molecule is Cc1[nH]nc(-c2ccccc2)c1NC(=O)Nc1cccc(Cl)c1. The third-order valence-corrected chi connectivity index (χ3v) is 3.55. The summed E-state index contributed by atoms with van der Waals surface area (Å²) in [6.45, 7) is 1.86. The number of H-pyrrole nitrogens is 1. The van der Waals surface area contributed by atoms with E-state index in [0.717, 1.165) is 11.3 Å². The molecular formula is C17H15ClN4O. The minimum atomic E-state index is -0.353. The molecule has 23 heavy (non-hydrogen) atoms. The van der Waals surface area contributed by atoms with Gasteiger partial charge in [-0.25, -0.2) is 4.79 Å². The quantitative estimate of drug-likeness (QED) is 0.654. The normalized spacial score (nSPS) is 10.3. The summed E-state index contributed by atoms with van der Waals surface area (Å²) in [6.07, 6.45) is 0. The van der Waals surface area contributed by atoms with E-state index in [0.29, 0.717) is 22.1 Å². The average molecular weight is 327 g/mol. The number of carbonyl (C=O) groups is 1. The lowest BCUT2D eigenvalue weighted by atomic mass is 10.1.